The Bertz CT molecular complexity index is 1300. The van der Waals surface area contributed by atoms with E-state index in [1.807, 2.05) is 60.7 Å². The van der Waals surface area contributed by atoms with Crippen LogP contribution in [-0.2, 0) is 31.7 Å². The minimum Gasteiger partial charge on any atom is -0.379 e. The number of amidine groups is 2. The SMILES string of the molecule is N=C(N)SCc1ccccc1.N=C(N)SCc1ccccc1.O=S(=O)(O)CCSc1nnc(SCCS(=O)(=O)O)s1. The average molecular weight is 699 g/mol. The van der Waals surface area contributed by atoms with E-state index in [9.17, 15) is 16.8 Å². The van der Waals surface area contributed by atoms with E-state index in [4.69, 9.17) is 31.4 Å². The molecule has 0 aliphatic heterocycles. The van der Waals surface area contributed by atoms with E-state index in [1.54, 1.807) is 0 Å². The second-order valence-corrected chi connectivity index (χ2v) is 16.2. The smallest absolute Gasteiger partial charge is 0.265 e. The molecule has 1 aromatic heterocycles. The molecule has 0 spiro atoms. The van der Waals surface area contributed by atoms with Crippen molar-refractivity contribution in [2.45, 2.75) is 20.2 Å². The van der Waals surface area contributed by atoms with Crippen LogP contribution < -0.4 is 11.5 Å². The van der Waals surface area contributed by atoms with Crippen LogP contribution in [-0.4, -0.2) is 69.5 Å². The van der Waals surface area contributed by atoms with Crippen LogP contribution in [0, 0.1) is 10.8 Å². The highest BCUT2D eigenvalue weighted by Crippen LogP contribution is 2.28. The maximum absolute atomic E-state index is 10.5. The normalized spacial score (nSPS) is 11.0. The van der Waals surface area contributed by atoms with E-state index < -0.39 is 20.2 Å². The third kappa shape index (κ3) is 22.4. The molecule has 19 heteroatoms. The Morgan fingerprint density at radius 2 is 1.05 bits per heavy atom. The van der Waals surface area contributed by atoms with Gasteiger partial charge in [0.25, 0.3) is 20.2 Å². The van der Waals surface area contributed by atoms with Crippen LogP contribution in [0.15, 0.2) is 69.3 Å². The van der Waals surface area contributed by atoms with Gasteiger partial charge in [-0.2, -0.15) is 16.8 Å². The summed E-state index contributed by atoms with van der Waals surface area (Å²) in [6.45, 7) is 0. The molecule has 8 N–H and O–H groups in total. The third-order valence-electron chi connectivity index (χ3n) is 4.00. The van der Waals surface area contributed by atoms with Gasteiger partial charge in [0.05, 0.1) is 11.5 Å². The summed E-state index contributed by atoms with van der Waals surface area (Å²) in [7, 11) is -7.96. The predicted molar refractivity (Wildman–Crippen MR) is 173 cm³/mol. The van der Waals surface area contributed by atoms with Gasteiger partial charge in [-0.15, -0.1) is 10.2 Å². The zero-order chi connectivity index (χ0) is 30.7. The molecule has 0 saturated heterocycles. The molecule has 2 aromatic carbocycles. The van der Waals surface area contributed by atoms with E-state index in [2.05, 4.69) is 10.2 Å². The first-order chi connectivity index (χ1) is 19.2. The lowest BCUT2D eigenvalue weighted by molar-refractivity contribution is 0.483. The molecule has 0 saturated carbocycles. The zero-order valence-corrected chi connectivity index (χ0v) is 27.2. The van der Waals surface area contributed by atoms with Gasteiger partial charge in [0.2, 0.25) is 0 Å². The number of rotatable bonds is 12. The molecule has 1 heterocycles. The summed E-state index contributed by atoms with van der Waals surface area (Å²) in [5.74, 6) is 1.14. The topological polar surface area (TPSA) is 234 Å². The lowest BCUT2D eigenvalue weighted by Crippen LogP contribution is -2.05. The molecule has 0 fully saturated rings. The molecule has 12 nitrogen and oxygen atoms in total. The van der Waals surface area contributed by atoms with Crippen molar-refractivity contribution in [2.75, 3.05) is 23.0 Å². The fraction of sp³-hybridized carbons (Fsp3) is 0.273. The number of benzene rings is 2. The molecule has 3 aromatic rings. The van der Waals surface area contributed by atoms with E-state index in [0.29, 0.717) is 8.68 Å². The monoisotopic (exact) mass is 698 g/mol. The van der Waals surface area contributed by atoms with Gasteiger partial charge < -0.3 is 11.5 Å². The summed E-state index contributed by atoms with van der Waals surface area (Å²) in [4.78, 5) is 0. The van der Waals surface area contributed by atoms with Crippen molar-refractivity contribution in [3.63, 3.8) is 0 Å². The number of aromatic nitrogens is 2. The first-order valence-electron chi connectivity index (χ1n) is 11.2. The quantitative estimate of drug-likeness (QED) is 0.0676. The van der Waals surface area contributed by atoms with E-state index >= 15 is 0 Å². The van der Waals surface area contributed by atoms with Crippen LogP contribution in [0.4, 0.5) is 0 Å². The second-order valence-electron chi connectivity index (χ2n) is 7.38. The van der Waals surface area contributed by atoms with Crippen LogP contribution in [0.1, 0.15) is 11.1 Å². The standard InChI is InChI=1S/2C8H10N2S.C6H10N2O6S5/c2*9-8(10)11-6-7-4-2-1-3-5-7;9-18(10,11)3-1-15-5-7-8-6(17-5)16-2-4-19(12,13)14/h2*1-5H,6H2,(H3,9,10);1-4H2,(H,9,10,11)(H,12,13,14). The Balaban J connectivity index is 0.000000327. The van der Waals surface area contributed by atoms with Crippen LogP contribution in [0.2, 0.25) is 0 Å². The van der Waals surface area contributed by atoms with Crippen molar-refractivity contribution in [3.8, 4) is 0 Å². The van der Waals surface area contributed by atoms with Crippen molar-refractivity contribution in [1.29, 1.82) is 10.8 Å². The third-order valence-corrected chi connectivity index (χ3v) is 10.7. The number of nitrogens with zero attached hydrogens (tertiary/aromatic N) is 2. The first kappa shape index (κ1) is 37.2. The maximum Gasteiger partial charge on any atom is 0.265 e. The molecule has 0 unspecified atom stereocenters. The van der Waals surface area contributed by atoms with Gasteiger partial charge in [-0.3, -0.25) is 19.9 Å². The summed E-state index contributed by atoms with van der Waals surface area (Å²) >= 11 is 6.14. The highest BCUT2D eigenvalue weighted by Gasteiger charge is 2.10. The summed E-state index contributed by atoms with van der Waals surface area (Å²) in [5, 5.41) is 21.9. The fourth-order valence-corrected chi connectivity index (χ4v) is 8.10. The van der Waals surface area contributed by atoms with E-state index in [-0.39, 0.29) is 33.3 Å². The lowest BCUT2D eigenvalue weighted by Gasteiger charge is -1.97. The Morgan fingerprint density at radius 3 is 1.34 bits per heavy atom. The maximum atomic E-state index is 10.5. The van der Waals surface area contributed by atoms with Crippen LogP contribution >= 0.6 is 58.4 Å². The number of nitrogens with one attached hydrogen (secondary N) is 2. The molecule has 0 aliphatic carbocycles. The van der Waals surface area contributed by atoms with Gasteiger partial charge in [0.1, 0.15) is 0 Å². The molecule has 3 rings (SSSR count). The van der Waals surface area contributed by atoms with Crippen molar-refractivity contribution >= 4 is 89.0 Å². The van der Waals surface area contributed by atoms with Gasteiger partial charge in [-0.1, -0.05) is 119 Å². The largest absolute Gasteiger partial charge is 0.379 e. The molecule has 226 valence electrons. The van der Waals surface area contributed by atoms with Gasteiger partial charge in [-0.05, 0) is 11.1 Å². The predicted octanol–water partition coefficient (Wildman–Crippen LogP) is 4.12. The van der Waals surface area contributed by atoms with Crippen molar-refractivity contribution in [3.05, 3.63) is 71.8 Å². The highest BCUT2D eigenvalue weighted by atomic mass is 32.2. The summed E-state index contributed by atoms with van der Waals surface area (Å²) in [5.41, 5.74) is 12.8. The average Bonchev–Trinajstić information content (AvgIpc) is 3.34. The van der Waals surface area contributed by atoms with Crippen LogP contribution in [0.25, 0.3) is 0 Å². The number of nitrogens with two attached hydrogens (primary N) is 2. The fourth-order valence-electron chi connectivity index (χ4n) is 2.25. The summed E-state index contributed by atoms with van der Waals surface area (Å²) in [6, 6.07) is 20.0. The Kier molecular flexibility index (Phi) is 18.3. The minimum atomic E-state index is -3.98. The van der Waals surface area contributed by atoms with E-state index in [0.717, 1.165) is 35.0 Å². The Labute approximate surface area is 260 Å². The van der Waals surface area contributed by atoms with Gasteiger partial charge in [-0.25, -0.2) is 0 Å². The van der Waals surface area contributed by atoms with E-state index in [1.165, 1.54) is 46.0 Å². The number of thioether (sulfide) groups is 4. The van der Waals surface area contributed by atoms with Crippen molar-refractivity contribution < 1.29 is 25.9 Å². The Morgan fingerprint density at radius 1 is 0.707 bits per heavy atom. The molecule has 0 atom stereocenters. The molecule has 41 heavy (non-hydrogen) atoms. The first-order valence-corrected chi connectivity index (χ1v) is 19.2. The lowest BCUT2D eigenvalue weighted by atomic mass is 10.2. The summed E-state index contributed by atoms with van der Waals surface area (Å²) < 4.78 is 60.1. The molecular weight excluding hydrogens is 669 g/mol. The molecule has 0 bridgehead atoms. The molecule has 0 amide bonds. The highest BCUT2D eigenvalue weighted by molar-refractivity contribution is 8.13. The van der Waals surface area contributed by atoms with Crippen molar-refractivity contribution in [2.24, 2.45) is 11.5 Å². The van der Waals surface area contributed by atoms with Gasteiger partial charge >= 0.3 is 0 Å². The van der Waals surface area contributed by atoms with Crippen molar-refractivity contribution in [1.82, 2.24) is 10.2 Å². The minimum absolute atomic E-state index is 0.156. The molecular formula is C22H30N6O6S7. The molecule has 0 radical (unpaired) electrons. The Hall–Kier alpha value is -1.84. The zero-order valence-electron chi connectivity index (χ0n) is 21.5. The van der Waals surface area contributed by atoms with Crippen LogP contribution in [0.3, 0.4) is 0 Å². The van der Waals surface area contributed by atoms with Gasteiger partial charge in [0.15, 0.2) is 19.0 Å². The van der Waals surface area contributed by atoms with Gasteiger partial charge in [0, 0.05) is 23.0 Å². The van der Waals surface area contributed by atoms with Crippen LogP contribution in [0.5, 0.6) is 0 Å². The summed E-state index contributed by atoms with van der Waals surface area (Å²) in [6.07, 6.45) is 0. The number of hydrogen-bond donors (Lipinski definition) is 6. The number of hydrogen-bond acceptors (Lipinski definition) is 13. The second kappa shape index (κ2) is 20.1. The molecule has 0 aliphatic rings.